The van der Waals surface area contributed by atoms with Gasteiger partial charge in [-0.15, -0.1) is 0 Å². The van der Waals surface area contributed by atoms with Crippen LogP contribution in [0.5, 0.6) is 0 Å². The first-order valence-electron chi connectivity index (χ1n) is 4.78. The summed E-state index contributed by atoms with van der Waals surface area (Å²) in [5, 5.41) is 0. The summed E-state index contributed by atoms with van der Waals surface area (Å²) in [5.74, 6) is -0.261. The van der Waals surface area contributed by atoms with Gasteiger partial charge in [0.05, 0.1) is 6.04 Å². The minimum atomic E-state index is -0.286. The summed E-state index contributed by atoms with van der Waals surface area (Å²) in [6.07, 6.45) is 3.40. The van der Waals surface area contributed by atoms with Gasteiger partial charge in [-0.3, -0.25) is 4.98 Å². The van der Waals surface area contributed by atoms with E-state index in [0.717, 1.165) is 15.6 Å². The van der Waals surface area contributed by atoms with Gasteiger partial charge in [0.15, 0.2) is 0 Å². The summed E-state index contributed by atoms with van der Waals surface area (Å²) < 4.78 is 13.6. The van der Waals surface area contributed by atoms with Crippen LogP contribution < -0.4 is 5.73 Å². The molecule has 1 atom stereocenters. The van der Waals surface area contributed by atoms with Crippen molar-refractivity contribution in [2.45, 2.75) is 6.04 Å². The normalized spacial score (nSPS) is 12.4. The Morgan fingerprint density at radius 1 is 1.12 bits per heavy atom. The zero-order chi connectivity index (χ0) is 11.5. The quantitative estimate of drug-likeness (QED) is 0.919. The molecule has 0 spiro atoms. The molecule has 1 heterocycles. The first kappa shape index (κ1) is 11.2. The van der Waals surface area contributed by atoms with Crippen LogP contribution in [0.4, 0.5) is 4.39 Å². The van der Waals surface area contributed by atoms with Gasteiger partial charge in [-0.25, -0.2) is 4.39 Å². The minimum Gasteiger partial charge on any atom is -0.320 e. The maximum atomic E-state index is 12.8. The molecule has 0 fully saturated rings. The smallest absolute Gasteiger partial charge is 0.123 e. The van der Waals surface area contributed by atoms with Crippen molar-refractivity contribution in [1.29, 1.82) is 0 Å². The van der Waals surface area contributed by atoms with Crippen molar-refractivity contribution in [3.63, 3.8) is 0 Å². The molecule has 1 unspecified atom stereocenters. The predicted molar refractivity (Wildman–Crippen MR) is 64.4 cm³/mol. The topological polar surface area (TPSA) is 38.9 Å². The summed E-state index contributed by atoms with van der Waals surface area (Å²) in [6.45, 7) is 0. The molecule has 1 aromatic carbocycles. The van der Waals surface area contributed by atoms with E-state index in [2.05, 4.69) is 20.9 Å². The van der Waals surface area contributed by atoms with E-state index in [9.17, 15) is 4.39 Å². The average molecular weight is 281 g/mol. The molecule has 4 heteroatoms. The van der Waals surface area contributed by atoms with E-state index in [-0.39, 0.29) is 11.9 Å². The molecule has 2 aromatic rings. The molecule has 2 nitrogen and oxygen atoms in total. The molecule has 0 amide bonds. The van der Waals surface area contributed by atoms with Crippen LogP contribution in [-0.2, 0) is 0 Å². The minimum absolute atomic E-state index is 0.261. The van der Waals surface area contributed by atoms with Gasteiger partial charge in [0, 0.05) is 16.9 Å². The molecule has 1 aromatic heterocycles. The highest BCUT2D eigenvalue weighted by molar-refractivity contribution is 9.10. The highest BCUT2D eigenvalue weighted by Gasteiger charge is 2.09. The summed E-state index contributed by atoms with van der Waals surface area (Å²) in [6, 6.07) is 7.79. The van der Waals surface area contributed by atoms with Gasteiger partial charge < -0.3 is 5.73 Å². The monoisotopic (exact) mass is 280 g/mol. The number of nitrogens with two attached hydrogens (primary N) is 1. The van der Waals surface area contributed by atoms with Crippen LogP contribution in [0.3, 0.4) is 0 Å². The number of nitrogens with zero attached hydrogens (tertiary/aromatic N) is 1. The van der Waals surface area contributed by atoms with Gasteiger partial charge in [-0.1, -0.05) is 12.1 Å². The third kappa shape index (κ3) is 2.46. The molecule has 0 aliphatic heterocycles. The first-order chi connectivity index (χ1) is 7.66. The van der Waals surface area contributed by atoms with Gasteiger partial charge in [0.2, 0.25) is 0 Å². The van der Waals surface area contributed by atoms with Crippen LogP contribution >= 0.6 is 15.9 Å². The van der Waals surface area contributed by atoms with Crippen molar-refractivity contribution >= 4 is 15.9 Å². The molecular weight excluding hydrogens is 271 g/mol. The predicted octanol–water partition coefficient (Wildman–Crippen LogP) is 3.03. The summed E-state index contributed by atoms with van der Waals surface area (Å²) >= 11 is 3.34. The molecule has 0 saturated carbocycles. The molecule has 16 heavy (non-hydrogen) atoms. The number of pyridine rings is 1. The van der Waals surface area contributed by atoms with Gasteiger partial charge in [-0.2, -0.15) is 0 Å². The van der Waals surface area contributed by atoms with Crippen LogP contribution in [0.1, 0.15) is 17.2 Å². The van der Waals surface area contributed by atoms with E-state index < -0.39 is 0 Å². The van der Waals surface area contributed by atoms with Crippen molar-refractivity contribution in [3.8, 4) is 0 Å². The van der Waals surface area contributed by atoms with Gasteiger partial charge in [-0.05, 0) is 45.3 Å². The van der Waals surface area contributed by atoms with E-state index in [1.54, 1.807) is 24.5 Å². The van der Waals surface area contributed by atoms with E-state index in [1.165, 1.54) is 12.1 Å². The zero-order valence-electron chi connectivity index (χ0n) is 8.40. The first-order valence-corrected chi connectivity index (χ1v) is 5.57. The lowest BCUT2D eigenvalue weighted by Gasteiger charge is -2.12. The maximum Gasteiger partial charge on any atom is 0.123 e. The number of hydrogen-bond donors (Lipinski definition) is 1. The second kappa shape index (κ2) is 4.72. The van der Waals surface area contributed by atoms with Gasteiger partial charge in [0.25, 0.3) is 0 Å². The number of hydrogen-bond acceptors (Lipinski definition) is 2. The van der Waals surface area contributed by atoms with E-state index in [1.807, 2.05) is 6.07 Å². The van der Waals surface area contributed by atoms with Crippen LogP contribution in [0, 0.1) is 5.82 Å². The molecular formula is C12H10BrFN2. The second-order valence-electron chi connectivity index (χ2n) is 3.47. The molecule has 0 bridgehead atoms. The molecule has 0 radical (unpaired) electrons. The SMILES string of the molecule is NC(c1ccc(F)cc1)c1cncc(Br)c1. The number of halogens is 2. The van der Waals surface area contributed by atoms with Crippen molar-refractivity contribution in [1.82, 2.24) is 4.98 Å². The molecule has 2 rings (SSSR count). The highest BCUT2D eigenvalue weighted by atomic mass is 79.9. The third-order valence-electron chi connectivity index (χ3n) is 2.31. The Morgan fingerprint density at radius 3 is 2.44 bits per heavy atom. The zero-order valence-corrected chi connectivity index (χ0v) is 9.99. The fraction of sp³-hybridized carbons (Fsp3) is 0.0833. The summed E-state index contributed by atoms with van der Waals surface area (Å²) in [7, 11) is 0. The van der Waals surface area contributed by atoms with E-state index >= 15 is 0 Å². The highest BCUT2D eigenvalue weighted by Crippen LogP contribution is 2.21. The maximum absolute atomic E-state index is 12.8. The Balaban J connectivity index is 2.31. The van der Waals surface area contributed by atoms with E-state index in [4.69, 9.17) is 5.73 Å². The molecule has 0 aliphatic carbocycles. The van der Waals surface area contributed by atoms with E-state index in [0.29, 0.717) is 0 Å². The molecule has 2 N–H and O–H groups in total. The summed E-state index contributed by atoms with van der Waals surface area (Å²) in [5.41, 5.74) is 7.80. The Labute approximate surface area is 101 Å². The third-order valence-corrected chi connectivity index (χ3v) is 2.75. The summed E-state index contributed by atoms with van der Waals surface area (Å²) in [4.78, 5) is 4.05. The number of rotatable bonds is 2. The largest absolute Gasteiger partial charge is 0.320 e. The lowest BCUT2D eigenvalue weighted by Crippen LogP contribution is -2.12. The van der Waals surface area contributed by atoms with Crippen LogP contribution in [-0.4, -0.2) is 4.98 Å². The van der Waals surface area contributed by atoms with Gasteiger partial charge in [0.1, 0.15) is 5.82 Å². The molecule has 0 aliphatic rings. The van der Waals surface area contributed by atoms with Crippen LogP contribution in [0.25, 0.3) is 0 Å². The Morgan fingerprint density at radius 2 is 1.81 bits per heavy atom. The molecule has 0 saturated heterocycles. The average Bonchev–Trinajstić information content (AvgIpc) is 2.29. The fourth-order valence-electron chi connectivity index (χ4n) is 1.46. The van der Waals surface area contributed by atoms with Crippen molar-refractivity contribution in [2.24, 2.45) is 5.73 Å². The van der Waals surface area contributed by atoms with Crippen molar-refractivity contribution < 1.29 is 4.39 Å². The molecule has 82 valence electrons. The second-order valence-corrected chi connectivity index (χ2v) is 4.38. The Hall–Kier alpha value is -1.26. The van der Waals surface area contributed by atoms with Gasteiger partial charge >= 0.3 is 0 Å². The van der Waals surface area contributed by atoms with Crippen molar-refractivity contribution in [2.75, 3.05) is 0 Å². The van der Waals surface area contributed by atoms with Crippen LogP contribution in [0.15, 0.2) is 47.2 Å². The lowest BCUT2D eigenvalue weighted by molar-refractivity contribution is 0.626. The number of aromatic nitrogens is 1. The standard InChI is InChI=1S/C12H10BrFN2/c13-10-5-9(6-16-7-10)12(15)8-1-3-11(14)4-2-8/h1-7,12H,15H2. The Kier molecular flexibility index (Phi) is 3.31. The lowest BCUT2D eigenvalue weighted by atomic mass is 10.0. The van der Waals surface area contributed by atoms with Crippen molar-refractivity contribution in [3.05, 3.63) is 64.1 Å². The number of benzene rings is 1. The fourth-order valence-corrected chi connectivity index (χ4v) is 1.84. The Bertz CT molecular complexity index is 485. The van der Waals surface area contributed by atoms with Crippen LogP contribution in [0.2, 0.25) is 0 Å².